The molecule has 0 saturated heterocycles. The third kappa shape index (κ3) is 8.03. The van der Waals surface area contributed by atoms with Crippen molar-refractivity contribution in [3.63, 3.8) is 0 Å². The molecule has 196 valence electrons. The van der Waals surface area contributed by atoms with Gasteiger partial charge in [-0.1, -0.05) is 78.9 Å². The number of benzene rings is 3. The van der Waals surface area contributed by atoms with Crippen molar-refractivity contribution < 1.29 is 11.0 Å². The molecule has 0 radical (unpaired) electrons. The van der Waals surface area contributed by atoms with Gasteiger partial charge < -0.3 is 15.8 Å². The number of nitrogens with zero attached hydrogens (tertiary/aromatic N) is 6. The average molecular weight is 515 g/mol. The Morgan fingerprint density at radius 2 is 1.32 bits per heavy atom. The van der Waals surface area contributed by atoms with Crippen molar-refractivity contribution in [2.75, 3.05) is 13.1 Å². The number of carbonyl (C=O) groups excluding carboxylic acids is 1. The Morgan fingerprint density at radius 1 is 0.763 bits per heavy atom. The summed E-state index contributed by atoms with van der Waals surface area (Å²) in [5.74, 6) is 1.17. The molecule has 2 heterocycles. The van der Waals surface area contributed by atoms with Crippen molar-refractivity contribution in [3.8, 4) is 22.8 Å². The van der Waals surface area contributed by atoms with E-state index in [1.54, 1.807) is 0 Å². The molecule has 5 rings (SSSR count). The highest BCUT2D eigenvalue weighted by Crippen LogP contribution is 2.15. The monoisotopic (exact) mass is 514 g/mol. The zero-order valence-corrected chi connectivity index (χ0v) is 20.6. The topological polar surface area (TPSA) is 173 Å². The van der Waals surface area contributed by atoms with Crippen molar-refractivity contribution in [1.82, 2.24) is 46.6 Å². The van der Waals surface area contributed by atoms with Gasteiger partial charge in [0.05, 0.1) is 0 Å². The number of aromatic amines is 2. The Morgan fingerprint density at radius 3 is 1.82 bits per heavy atom. The maximum atomic E-state index is 11.7. The molecule has 0 aliphatic heterocycles. The summed E-state index contributed by atoms with van der Waals surface area (Å²) < 4.78 is 5.16. The van der Waals surface area contributed by atoms with Crippen LogP contribution in [0.3, 0.4) is 0 Å². The first-order valence-electron chi connectivity index (χ1n) is 12.0. The summed E-state index contributed by atoms with van der Waals surface area (Å²) in [6.07, 6.45) is 1.20. The quantitative estimate of drug-likeness (QED) is 0.230. The minimum atomic E-state index is -0.415. The van der Waals surface area contributed by atoms with Gasteiger partial charge in [-0.25, -0.2) is 4.79 Å². The molecule has 5 aromatic rings. The average Bonchev–Trinajstić information content (AvgIpc) is 3.69. The lowest BCUT2D eigenvalue weighted by atomic mass is 10.1. The predicted octanol–water partition coefficient (Wildman–Crippen LogP) is 2.95. The largest absolute Gasteiger partial charge is 0.445 e. The molecule has 12 heteroatoms. The summed E-state index contributed by atoms with van der Waals surface area (Å²) in [4.78, 5) is 11.7. The molecule has 0 bridgehead atoms. The minimum absolute atomic E-state index is 0. The van der Waals surface area contributed by atoms with Crippen LogP contribution in [-0.4, -0.2) is 60.4 Å². The third-order valence-electron chi connectivity index (χ3n) is 5.44. The zero-order valence-electron chi connectivity index (χ0n) is 20.6. The normalized spacial score (nSPS) is 10.3. The van der Waals surface area contributed by atoms with Crippen molar-refractivity contribution in [2.45, 2.75) is 19.4 Å². The second-order valence-electron chi connectivity index (χ2n) is 8.14. The Bertz CT molecular complexity index is 1350. The first kappa shape index (κ1) is 26.1. The minimum Gasteiger partial charge on any atom is -0.445 e. The van der Waals surface area contributed by atoms with Crippen LogP contribution < -0.4 is 11.1 Å². The molecule has 1 amide bonds. The smallest absolute Gasteiger partial charge is 0.407 e. The van der Waals surface area contributed by atoms with Gasteiger partial charge in [0.25, 0.3) is 0 Å². The van der Waals surface area contributed by atoms with E-state index in [1.807, 2.05) is 78.9 Å². The molecular weight excluding hydrogens is 484 g/mol. The van der Waals surface area contributed by atoms with Crippen LogP contribution in [0.15, 0.2) is 78.9 Å². The van der Waals surface area contributed by atoms with Crippen LogP contribution >= 0.6 is 0 Å². The van der Waals surface area contributed by atoms with Crippen molar-refractivity contribution >= 4 is 6.09 Å². The van der Waals surface area contributed by atoms with Gasteiger partial charge in [-0.05, 0) is 46.5 Å². The number of nitrogens with one attached hydrogen (secondary N) is 3. The van der Waals surface area contributed by atoms with E-state index in [2.05, 4.69) is 46.6 Å². The number of alkyl carbamates (subject to hydrolysis) is 1. The molecule has 12 nitrogen and oxygen atoms in total. The molecule has 0 aliphatic carbocycles. The molecule has 5 N–H and O–H groups in total. The molecule has 0 fully saturated rings. The first-order chi connectivity index (χ1) is 18.7. The lowest BCUT2D eigenvalue weighted by Crippen LogP contribution is -2.26. The van der Waals surface area contributed by atoms with Crippen LogP contribution in [0.2, 0.25) is 0 Å². The van der Waals surface area contributed by atoms with Crippen molar-refractivity contribution in [1.29, 1.82) is 0 Å². The lowest BCUT2D eigenvalue weighted by molar-refractivity contribution is 0.140. The van der Waals surface area contributed by atoms with Gasteiger partial charge in [-0.2, -0.15) is 10.4 Å². The van der Waals surface area contributed by atoms with E-state index in [-0.39, 0.29) is 8.03 Å². The zero-order chi connectivity index (χ0) is 26.4. The van der Waals surface area contributed by atoms with Gasteiger partial charge in [0.15, 0.2) is 0 Å². The van der Waals surface area contributed by atoms with Gasteiger partial charge in [0.1, 0.15) is 6.61 Å². The van der Waals surface area contributed by atoms with Crippen LogP contribution in [0.1, 0.15) is 18.1 Å². The van der Waals surface area contributed by atoms with Crippen LogP contribution in [0.5, 0.6) is 0 Å². The summed E-state index contributed by atoms with van der Waals surface area (Å²) >= 11 is 0. The van der Waals surface area contributed by atoms with Crippen molar-refractivity contribution in [3.05, 3.63) is 95.6 Å². The predicted molar refractivity (Wildman–Crippen MR) is 142 cm³/mol. The van der Waals surface area contributed by atoms with E-state index < -0.39 is 6.09 Å². The SMILES string of the molecule is NCCc1ccc(-c2nn[nH]n2)cc1.O=C(NCCc1ccc(-c2nn[nH]n2)cc1)OCc1ccccc1.[HH]. The van der Waals surface area contributed by atoms with E-state index in [0.717, 1.165) is 28.7 Å². The van der Waals surface area contributed by atoms with Crippen LogP contribution in [0.25, 0.3) is 22.8 Å². The second kappa shape index (κ2) is 13.9. The van der Waals surface area contributed by atoms with Gasteiger partial charge in [0, 0.05) is 19.1 Å². The fraction of sp³-hybridized carbons (Fsp3) is 0.192. The van der Waals surface area contributed by atoms with Gasteiger partial charge in [0.2, 0.25) is 11.6 Å². The number of aromatic nitrogens is 8. The van der Waals surface area contributed by atoms with E-state index >= 15 is 0 Å². The maximum Gasteiger partial charge on any atom is 0.407 e. The molecule has 3 aromatic carbocycles. The van der Waals surface area contributed by atoms with Gasteiger partial charge in [-0.3, -0.25) is 0 Å². The molecule has 2 aromatic heterocycles. The second-order valence-corrected chi connectivity index (χ2v) is 8.14. The Hall–Kier alpha value is -4.97. The van der Waals surface area contributed by atoms with E-state index in [9.17, 15) is 4.79 Å². The number of tetrazole rings is 2. The number of rotatable bonds is 9. The number of hydrogen-bond donors (Lipinski definition) is 4. The molecule has 0 spiro atoms. The highest BCUT2D eigenvalue weighted by Gasteiger charge is 2.05. The Balaban J connectivity index is 0.000000239. The Kier molecular flexibility index (Phi) is 9.58. The van der Waals surface area contributed by atoms with Crippen LogP contribution in [-0.2, 0) is 24.2 Å². The van der Waals surface area contributed by atoms with Gasteiger partial charge >= 0.3 is 6.09 Å². The third-order valence-corrected chi connectivity index (χ3v) is 5.44. The number of carbonyl (C=O) groups is 1. The summed E-state index contributed by atoms with van der Waals surface area (Å²) in [7, 11) is 0. The van der Waals surface area contributed by atoms with Gasteiger partial charge in [-0.15, -0.1) is 20.4 Å². The summed E-state index contributed by atoms with van der Waals surface area (Å²) in [5, 5.41) is 30.2. The summed E-state index contributed by atoms with van der Waals surface area (Å²) in [6.45, 7) is 1.45. The number of amides is 1. The molecule has 0 saturated carbocycles. The first-order valence-corrected chi connectivity index (χ1v) is 12.0. The summed E-state index contributed by atoms with van der Waals surface area (Å²) in [6, 6.07) is 25.4. The van der Waals surface area contributed by atoms with E-state index in [0.29, 0.717) is 31.2 Å². The molecule has 38 heavy (non-hydrogen) atoms. The van der Waals surface area contributed by atoms with Crippen LogP contribution in [0.4, 0.5) is 4.79 Å². The van der Waals surface area contributed by atoms with E-state index in [1.165, 1.54) is 5.56 Å². The van der Waals surface area contributed by atoms with Crippen LogP contribution in [0, 0.1) is 0 Å². The number of ether oxygens (including phenoxy) is 1. The number of hydrogen-bond acceptors (Lipinski definition) is 9. The standard InChI is InChI=1S/C17H17N5O2.C9H11N5.H2/c23-17(24-12-14-4-2-1-3-5-14)18-11-10-13-6-8-15(9-7-13)16-19-21-22-20-16;10-6-5-7-1-3-8(4-2-7)9-11-13-14-12-9;/h1-9H,10-12H2,(H,18,23)(H,19,20,21,22);1-4H,5-6,10H2,(H,11,12,13,14);1H. The molecule has 0 aliphatic rings. The lowest BCUT2D eigenvalue weighted by Gasteiger charge is -2.07. The molecule has 0 unspecified atom stereocenters. The summed E-state index contributed by atoms with van der Waals surface area (Å²) in [5.41, 5.74) is 10.6. The Labute approximate surface area is 220 Å². The number of H-pyrrole nitrogens is 2. The number of nitrogens with two attached hydrogens (primary N) is 1. The van der Waals surface area contributed by atoms with E-state index in [4.69, 9.17) is 10.5 Å². The fourth-order valence-electron chi connectivity index (χ4n) is 3.46. The molecular formula is C26H30N10O2. The highest BCUT2D eigenvalue weighted by atomic mass is 16.5. The maximum absolute atomic E-state index is 11.7. The fourth-order valence-corrected chi connectivity index (χ4v) is 3.46. The van der Waals surface area contributed by atoms with Crippen molar-refractivity contribution in [2.24, 2.45) is 5.73 Å². The highest BCUT2D eigenvalue weighted by molar-refractivity contribution is 5.67. The molecule has 0 atom stereocenters.